The molecule has 0 unspecified atom stereocenters. The standard InChI is InChI=1S/C15H10N4O6/c1-24-13-6-5-10(8-12(13)19(22)23)15-17-16-14(25-15)9-3-2-4-11(7-9)18(20)21/h2-8H,1H3. The normalized spacial score (nSPS) is 10.4. The molecule has 0 aliphatic carbocycles. The molecular weight excluding hydrogens is 332 g/mol. The molecule has 0 aliphatic rings. The molecule has 0 N–H and O–H groups in total. The van der Waals surface area contributed by atoms with Gasteiger partial charge in [-0.3, -0.25) is 20.2 Å². The average Bonchev–Trinajstić information content (AvgIpc) is 3.11. The Morgan fingerprint density at radius 1 is 0.960 bits per heavy atom. The van der Waals surface area contributed by atoms with Crippen molar-refractivity contribution in [3.63, 3.8) is 0 Å². The number of aromatic nitrogens is 2. The highest BCUT2D eigenvalue weighted by Gasteiger charge is 2.19. The van der Waals surface area contributed by atoms with Crippen molar-refractivity contribution in [2.45, 2.75) is 0 Å². The van der Waals surface area contributed by atoms with Gasteiger partial charge in [0.2, 0.25) is 11.8 Å². The van der Waals surface area contributed by atoms with Gasteiger partial charge in [-0.25, -0.2) is 0 Å². The van der Waals surface area contributed by atoms with E-state index >= 15 is 0 Å². The van der Waals surface area contributed by atoms with E-state index in [-0.39, 0.29) is 28.9 Å². The van der Waals surface area contributed by atoms with Crippen LogP contribution in [0.15, 0.2) is 46.9 Å². The number of non-ortho nitro benzene ring substituents is 1. The second-order valence-corrected chi connectivity index (χ2v) is 4.86. The van der Waals surface area contributed by atoms with Crippen molar-refractivity contribution in [2.75, 3.05) is 7.11 Å². The van der Waals surface area contributed by atoms with Gasteiger partial charge in [-0.15, -0.1) is 10.2 Å². The van der Waals surface area contributed by atoms with Crippen LogP contribution >= 0.6 is 0 Å². The molecule has 3 rings (SSSR count). The second kappa shape index (κ2) is 6.35. The van der Waals surface area contributed by atoms with Gasteiger partial charge in [0.05, 0.1) is 17.0 Å². The molecule has 10 nitrogen and oxygen atoms in total. The van der Waals surface area contributed by atoms with Crippen molar-refractivity contribution in [3.8, 4) is 28.7 Å². The monoisotopic (exact) mass is 342 g/mol. The Hall–Kier alpha value is -3.82. The predicted octanol–water partition coefficient (Wildman–Crippen LogP) is 3.23. The molecule has 0 saturated heterocycles. The molecule has 126 valence electrons. The molecule has 25 heavy (non-hydrogen) atoms. The van der Waals surface area contributed by atoms with Crippen molar-refractivity contribution >= 4 is 11.4 Å². The van der Waals surface area contributed by atoms with Crippen LogP contribution in [0.3, 0.4) is 0 Å². The van der Waals surface area contributed by atoms with Crippen molar-refractivity contribution in [3.05, 3.63) is 62.7 Å². The summed E-state index contributed by atoms with van der Waals surface area (Å²) in [5.41, 5.74) is 0.347. The molecule has 0 radical (unpaired) electrons. The van der Waals surface area contributed by atoms with E-state index in [4.69, 9.17) is 9.15 Å². The lowest BCUT2D eigenvalue weighted by Crippen LogP contribution is -1.94. The van der Waals surface area contributed by atoms with Gasteiger partial charge in [-0.2, -0.15) is 0 Å². The van der Waals surface area contributed by atoms with Crippen LogP contribution in [0.5, 0.6) is 5.75 Å². The number of ether oxygens (including phenoxy) is 1. The summed E-state index contributed by atoms with van der Waals surface area (Å²) < 4.78 is 10.4. The minimum atomic E-state index is -0.583. The van der Waals surface area contributed by atoms with Crippen LogP contribution in [-0.4, -0.2) is 27.2 Å². The first-order valence-electron chi connectivity index (χ1n) is 6.90. The Labute approximate surface area is 140 Å². The van der Waals surface area contributed by atoms with E-state index < -0.39 is 9.85 Å². The molecule has 0 amide bonds. The molecule has 0 aliphatic heterocycles. The summed E-state index contributed by atoms with van der Waals surface area (Å²) in [6.45, 7) is 0. The van der Waals surface area contributed by atoms with Gasteiger partial charge in [0.1, 0.15) is 0 Å². The maximum Gasteiger partial charge on any atom is 0.311 e. The summed E-state index contributed by atoms with van der Waals surface area (Å²) in [5.74, 6) is 0.219. The van der Waals surface area contributed by atoms with Crippen LogP contribution in [0.2, 0.25) is 0 Å². The maximum absolute atomic E-state index is 11.1. The third-order valence-corrected chi connectivity index (χ3v) is 3.35. The van der Waals surface area contributed by atoms with Gasteiger partial charge >= 0.3 is 5.69 Å². The Morgan fingerprint density at radius 2 is 1.64 bits per heavy atom. The maximum atomic E-state index is 11.1. The molecule has 10 heteroatoms. The lowest BCUT2D eigenvalue weighted by molar-refractivity contribution is -0.385. The van der Waals surface area contributed by atoms with E-state index in [0.717, 1.165) is 0 Å². The van der Waals surface area contributed by atoms with Gasteiger partial charge in [0.25, 0.3) is 5.69 Å². The first kappa shape index (κ1) is 16.1. The third kappa shape index (κ3) is 3.13. The zero-order valence-corrected chi connectivity index (χ0v) is 12.8. The number of rotatable bonds is 5. The third-order valence-electron chi connectivity index (χ3n) is 3.35. The Morgan fingerprint density at radius 3 is 2.24 bits per heavy atom. The zero-order valence-electron chi connectivity index (χ0n) is 12.8. The summed E-state index contributed by atoms with van der Waals surface area (Å²) in [7, 11) is 1.33. The highest BCUT2D eigenvalue weighted by atomic mass is 16.6. The fraction of sp³-hybridized carbons (Fsp3) is 0.0667. The summed E-state index contributed by atoms with van der Waals surface area (Å²) in [6.07, 6.45) is 0. The van der Waals surface area contributed by atoms with Crippen molar-refractivity contribution in [1.82, 2.24) is 10.2 Å². The topological polar surface area (TPSA) is 134 Å². The van der Waals surface area contributed by atoms with Crippen molar-refractivity contribution < 1.29 is 19.0 Å². The van der Waals surface area contributed by atoms with E-state index in [0.29, 0.717) is 11.1 Å². The first-order valence-corrected chi connectivity index (χ1v) is 6.90. The number of methoxy groups -OCH3 is 1. The Balaban J connectivity index is 1.99. The summed E-state index contributed by atoms with van der Waals surface area (Å²) >= 11 is 0. The smallest absolute Gasteiger partial charge is 0.311 e. The Kier molecular flexibility index (Phi) is 4.08. The molecule has 0 fully saturated rings. The van der Waals surface area contributed by atoms with E-state index in [1.165, 1.54) is 43.5 Å². The summed E-state index contributed by atoms with van der Waals surface area (Å²) in [5, 5.41) is 29.6. The molecular formula is C15H10N4O6. The van der Waals surface area contributed by atoms with Crippen LogP contribution in [-0.2, 0) is 0 Å². The molecule has 1 aromatic heterocycles. The van der Waals surface area contributed by atoms with Crippen LogP contribution in [0, 0.1) is 20.2 Å². The van der Waals surface area contributed by atoms with Crippen LogP contribution in [0.4, 0.5) is 11.4 Å². The molecule has 0 atom stereocenters. The van der Waals surface area contributed by atoms with Crippen LogP contribution < -0.4 is 4.74 Å². The molecule has 2 aromatic carbocycles. The number of nitro benzene ring substituents is 2. The highest BCUT2D eigenvalue weighted by molar-refractivity contribution is 5.64. The van der Waals surface area contributed by atoms with Gasteiger partial charge in [-0.05, 0) is 18.2 Å². The van der Waals surface area contributed by atoms with Crippen molar-refractivity contribution in [2.24, 2.45) is 0 Å². The SMILES string of the molecule is COc1ccc(-c2nnc(-c3cccc([N+](=O)[O-])c3)o2)cc1[N+](=O)[O-]. The number of nitro groups is 2. The fourth-order valence-electron chi connectivity index (χ4n) is 2.17. The van der Waals surface area contributed by atoms with E-state index in [2.05, 4.69) is 10.2 Å². The van der Waals surface area contributed by atoms with Gasteiger partial charge < -0.3 is 9.15 Å². The molecule has 1 heterocycles. The minimum Gasteiger partial charge on any atom is -0.490 e. The zero-order chi connectivity index (χ0) is 18.0. The molecule has 3 aromatic rings. The van der Waals surface area contributed by atoms with Crippen LogP contribution in [0.25, 0.3) is 22.9 Å². The van der Waals surface area contributed by atoms with Gasteiger partial charge in [0.15, 0.2) is 5.75 Å². The van der Waals surface area contributed by atoms with E-state index in [9.17, 15) is 20.2 Å². The van der Waals surface area contributed by atoms with E-state index in [1.807, 2.05) is 0 Å². The van der Waals surface area contributed by atoms with E-state index in [1.54, 1.807) is 6.07 Å². The number of benzene rings is 2. The number of hydrogen-bond acceptors (Lipinski definition) is 8. The van der Waals surface area contributed by atoms with Crippen molar-refractivity contribution in [1.29, 1.82) is 0 Å². The molecule has 0 bridgehead atoms. The minimum absolute atomic E-state index is 0.0484. The molecule has 0 saturated carbocycles. The van der Waals surface area contributed by atoms with Gasteiger partial charge in [-0.1, -0.05) is 6.07 Å². The highest BCUT2D eigenvalue weighted by Crippen LogP contribution is 2.33. The lowest BCUT2D eigenvalue weighted by atomic mass is 10.2. The fourth-order valence-corrected chi connectivity index (χ4v) is 2.17. The molecule has 0 spiro atoms. The lowest BCUT2D eigenvalue weighted by Gasteiger charge is -2.02. The predicted molar refractivity (Wildman–Crippen MR) is 85.0 cm³/mol. The summed E-state index contributed by atoms with van der Waals surface area (Å²) in [6, 6.07) is 9.93. The summed E-state index contributed by atoms with van der Waals surface area (Å²) in [4.78, 5) is 20.8. The number of nitrogens with zero attached hydrogens (tertiary/aromatic N) is 4. The Bertz CT molecular complexity index is 968. The quantitative estimate of drug-likeness (QED) is 0.509. The van der Waals surface area contributed by atoms with Crippen LogP contribution in [0.1, 0.15) is 0 Å². The largest absolute Gasteiger partial charge is 0.490 e. The average molecular weight is 342 g/mol. The second-order valence-electron chi connectivity index (χ2n) is 4.86. The van der Waals surface area contributed by atoms with Gasteiger partial charge in [0, 0.05) is 29.3 Å². The first-order chi connectivity index (χ1) is 12.0. The number of hydrogen-bond donors (Lipinski definition) is 0.